The van der Waals surface area contributed by atoms with Crippen LogP contribution < -0.4 is 0 Å². The number of ether oxygens (including phenoxy) is 1. The molecule has 2 aromatic rings. The second-order valence-corrected chi connectivity index (χ2v) is 9.13. The van der Waals surface area contributed by atoms with Crippen LogP contribution in [0.25, 0.3) is 11.1 Å². The molecule has 0 aromatic carbocycles. The van der Waals surface area contributed by atoms with Crippen molar-refractivity contribution in [2.45, 2.75) is 63.6 Å². The molecule has 4 heterocycles. The molecule has 142 valence electrons. The van der Waals surface area contributed by atoms with E-state index in [0.29, 0.717) is 5.92 Å². The van der Waals surface area contributed by atoms with Gasteiger partial charge in [0.1, 0.15) is 10.2 Å². The van der Waals surface area contributed by atoms with Gasteiger partial charge in [0, 0.05) is 47.7 Å². The highest BCUT2D eigenvalue weighted by molar-refractivity contribution is 9.10. The second kappa shape index (κ2) is 6.89. The van der Waals surface area contributed by atoms with E-state index >= 15 is 0 Å². The summed E-state index contributed by atoms with van der Waals surface area (Å²) in [6.07, 6.45) is 8.44. The smallest absolute Gasteiger partial charge is 0.410 e. The Morgan fingerprint density at radius 3 is 2.85 bits per heavy atom. The van der Waals surface area contributed by atoms with E-state index < -0.39 is 5.60 Å². The topological polar surface area (TPSA) is 55.3 Å². The first-order valence-electron chi connectivity index (χ1n) is 9.40. The van der Waals surface area contributed by atoms with E-state index in [2.05, 4.69) is 32.0 Å². The van der Waals surface area contributed by atoms with Crippen molar-refractivity contribution in [1.29, 1.82) is 0 Å². The van der Waals surface area contributed by atoms with Crippen LogP contribution in [0.5, 0.6) is 0 Å². The van der Waals surface area contributed by atoms with Crippen molar-refractivity contribution in [3.05, 3.63) is 47.0 Å². The molecule has 0 saturated carbocycles. The Morgan fingerprint density at radius 2 is 2.11 bits per heavy atom. The van der Waals surface area contributed by atoms with Crippen molar-refractivity contribution in [2.75, 3.05) is 0 Å². The predicted molar refractivity (Wildman–Crippen MR) is 107 cm³/mol. The van der Waals surface area contributed by atoms with Crippen LogP contribution in [-0.4, -0.2) is 38.6 Å². The average molecular weight is 430 g/mol. The fraction of sp³-hybridized carbons (Fsp3) is 0.476. The Labute approximate surface area is 168 Å². The van der Waals surface area contributed by atoms with Crippen LogP contribution in [-0.2, 0) is 4.74 Å². The van der Waals surface area contributed by atoms with Gasteiger partial charge in [0.05, 0.1) is 0 Å². The first kappa shape index (κ1) is 18.4. The normalized spacial score (nSPS) is 24.3. The second-order valence-electron chi connectivity index (χ2n) is 8.38. The summed E-state index contributed by atoms with van der Waals surface area (Å²) in [7, 11) is 0. The molecule has 4 rings (SSSR count). The maximum atomic E-state index is 12.7. The van der Waals surface area contributed by atoms with Crippen molar-refractivity contribution in [1.82, 2.24) is 14.9 Å². The number of aromatic nitrogens is 2. The van der Waals surface area contributed by atoms with Gasteiger partial charge in [-0.2, -0.15) is 0 Å². The number of fused-ring (bicyclic) bond motifs is 2. The summed E-state index contributed by atoms with van der Waals surface area (Å²) in [5.74, 6) is 0.305. The van der Waals surface area contributed by atoms with Crippen LogP contribution in [0.2, 0.25) is 0 Å². The zero-order valence-electron chi connectivity index (χ0n) is 15.9. The molecule has 27 heavy (non-hydrogen) atoms. The van der Waals surface area contributed by atoms with Gasteiger partial charge in [-0.15, -0.1) is 0 Å². The molecule has 3 unspecified atom stereocenters. The van der Waals surface area contributed by atoms with Gasteiger partial charge >= 0.3 is 6.09 Å². The summed E-state index contributed by atoms with van der Waals surface area (Å²) in [6.45, 7) is 5.75. The number of carbonyl (C=O) groups excluding carboxylic acids is 1. The molecule has 3 atom stereocenters. The quantitative estimate of drug-likeness (QED) is 0.618. The standard InChI is InChI=1S/C21H24BrN3O2/c1-21(2,3)27-20(26)25-15-6-7-18(25)17(10-15)14-9-13(11-23-12-14)16-5-4-8-24-19(16)22/h4-5,8-9,11-12,15,17-18H,6-7,10H2,1-3H3. The highest BCUT2D eigenvalue weighted by atomic mass is 79.9. The molecular weight excluding hydrogens is 406 g/mol. The first-order chi connectivity index (χ1) is 12.8. The minimum Gasteiger partial charge on any atom is -0.444 e. The average Bonchev–Trinajstić information content (AvgIpc) is 3.19. The zero-order chi connectivity index (χ0) is 19.2. The van der Waals surface area contributed by atoms with Crippen molar-refractivity contribution in [3.8, 4) is 11.1 Å². The molecule has 2 aliphatic rings. The Bertz CT molecular complexity index is 865. The molecule has 0 spiro atoms. The monoisotopic (exact) mass is 429 g/mol. The third kappa shape index (κ3) is 3.59. The SMILES string of the molecule is CC(C)(C)OC(=O)N1C2CCC1C(c1cncc(-c3cccnc3Br)c1)C2. The van der Waals surface area contributed by atoms with Crippen LogP contribution in [0.1, 0.15) is 51.5 Å². The number of amides is 1. The molecule has 0 radical (unpaired) electrons. The first-order valence-corrected chi connectivity index (χ1v) is 10.2. The lowest BCUT2D eigenvalue weighted by molar-refractivity contribution is 0.0213. The molecule has 6 heteroatoms. The van der Waals surface area contributed by atoms with E-state index in [4.69, 9.17) is 4.74 Å². The fourth-order valence-corrected chi connectivity index (χ4v) is 4.83. The zero-order valence-corrected chi connectivity index (χ0v) is 17.4. The number of rotatable bonds is 2. The third-order valence-corrected chi connectivity index (χ3v) is 6.03. The van der Waals surface area contributed by atoms with Gasteiger partial charge in [-0.3, -0.25) is 4.98 Å². The lowest BCUT2D eigenvalue weighted by Gasteiger charge is -2.28. The van der Waals surface area contributed by atoms with Crippen molar-refractivity contribution in [3.63, 3.8) is 0 Å². The molecule has 2 aromatic heterocycles. The highest BCUT2D eigenvalue weighted by Gasteiger charge is 2.50. The summed E-state index contributed by atoms with van der Waals surface area (Å²) < 4.78 is 6.46. The number of hydrogen-bond donors (Lipinski definition) is 0. The van der Waals surface area contributed by atoms with Gasteiger partial charge in [0.2, 0.25) is 0 Å². The van der Waals surface area contributed by atoms with E-state index in [-0.39, 0.29) is 18.2 Å². The molecule has 0 N–H and O–H groups in total. The number of nitrogens with zero attached hydrogens (tertiary/aromatic N) is 3. The van der Waals surface area contributed by atoms with Crippen LogP contribution in [0.15, 0.2) is 41.4 Å². The van der Waals surface area contributed by atoms with E-state index in [1.807, 2.05) is 50.2 Å². The molecule has 2 bridgehead atoms. The molecule has 1 amide bonds. The van der Waals surface area contributed by atoms with Gasteiger partial charge < -0.3 is 9.64 Å². The van der Waals surface area contributed by atoms with E-state index in [1.54, 1.807) is 6.20 Å². The lowest BCUT2D eigenvalue weighted by Crippen LogP contribution is -2.40. The van der Waals surface area contributed by atoms with Crippen LogP contribution in [0, 0.1) is 0 Å². The molecule has 2 saturated heterocycles. The minimum atomic E-state index is -0.470. The fourth-order valence-electron chi connectivity index (χ4n) is 4.36. The van der Waals surface area contributed by atoms with E-state index in [9.17, 15) is 4.79 Å². The maximum Gasteiger partial charge on any atom is 0.410 e. The van der Waals surface area contributed by atoms with Gasteiger partial charge in [-0.05, 0) is 73.7 Å². The maximum absolute atomic E-state index is 12.7. The number of halogens is 1. The number of carbonyl (C=O) groups is 1. The Kier molecular flexibility index (Phi) is 4.70. The van der Waals surface area contributed by atoms with Crippen LogP contribution >= 0.6 is 15.9 Å². The summed E-state index contributed by atoms with van der Waals surface area (Å²) in [5.41, 5.74) is 2.78. The van der Waals surface area contributed by atoms with Crippen LogP contribution in [0.4, 0.5) is 4.79 Å². The summed E-state index contributed by atoms with van der Waals surface area (Å²) >= 11 is 3.52. The molecular formula is C21H24BrN3O2. The lowest BCUT2D eigenvalue weighted by atomic mass is 9.84. The largest absolute Gasteiger partial charge is 0.444 e. The minimum absolute atomic E-state index is 0.184. The predicted octanol–water partition coefficient (Wildman–Crippen LogP) is 5.16. The van der Waals surface area contributed by atoms with E-state index in [1.165, 1.54) is 5.56 Å². The molecule has 5 nitrogen and oxygen atoms in total. The number of hydrogen-bond acceptors (Lipinski definition) is 4. The summed E-state index contributed by atoms with van der Waals surface area (Å²) in [5, 5.41) is 0. The van der Waals surface area contributed by atoms with Gasteiger partial charge in [-0.1, -0.05) is 6.07 Å². The number of pyridine rings is 2. The highest BCUT2D eigenvalue weighted by Crippen LogP contribution is 2.47. The summed E-state index contributed by atoms with van der Waals surface area (Å²) in [6, 6.07) is 6.61. The van der Waals surface area contributed by atoms with E-state index in [0.717, 1.165) is 35.0 Å². The van der Waals surface area contributed by atoms with Crippen molar-refractivity contribution < 1.29 is 9.53 Å². The molecule has 2 fully saturated rings. The third-order valence-electron chi connectivity index (χ3n) is 5.40. The Balaban J connectivity index is 1.60. The molecule has 0 aliphatic carbocycles. The van der Waals surface area contributed by atoms with Gasteiger partial charge in [0.25, 0.3) is 0 Å². The van der Waals surface area contributed by atoms with Crippen LogP contribution in [0.3, 0.4) is 0 Å². The Hall–Kier alpha value is -1.95. The van der Waals surface area contributed by atoms with Crippen molar-refractivity contribution >= 4 is 22.0 Å². The van der Waals surface area contributed by atoms with Crippen molar-refractivity contribution in [2.24, 2.45) is 0 Å². The van der Waals surface area contributed by atoms with Gasteiger partial charge in [-0.25, -0.2) is 9.78 Å². The molecule has 2 aliphatic heterocycles. The Morgan fingerprint density at radius 1 is 1.30 bits per heavy atom. The summed E-state index contributed by atoms with van der Waals surface area (Å²) in [4.78, 5) is 23.5. The van der Waals surface area contributed by atoms with Gasteiger partial charge in [0.15, 0.2) is 0 Å².